The number of fused-ring (bicyclic) bond motifs is 1. The quantitative estimate of drug-likeness (QED) is 0.448. The zero-order chi connectivity index (χ0) is 24.5. The van der Waals surface area contributed by atoms with Gasteiger partial charge in [-0.1, -0.05) is 30.7 Å². The Bertz CT molecular complexity index is 1300. The molecule has 10 heteroatoms. The number of hydrogen-bond acceptors (Lipinski definition) is 7. The molecule has 1 atom stereocenters. The van der Waals surface area contributed by atoms with E-state index in [0.29, 0.717) is 33.6 Å². The van der Waals surface area contributed by atoms with Crippen molar-refractivity contribution < 1.29 is 27.8 Å². The summed E-state index contributed by atoms with van der Waals surface area (Å²) in [7, 11) is -1.84. The van der Waals surface area contributed by atoms with Gasteiger partial charge in [-0.3, -0.25) is 4.79 Å². The number of rotatable bonds is 9. The van der Waals surface area contributed by atoms with Gasteiger partial charge in [0.1, 0.15) is 12.7 Å². The number of hydrogen-bond donors (Lipinski definition) is 1. The maximum atomic E-state index is 13.1. The van der Waals surface area contributed by atoms with E-state index in [-0.39, 0.29) is 24.0 Å². The highest BCUT2D eigenvalue weighted by atomic mass is 35.5. The molecule has 0 fully saturated rings. The van der Waals surface area contributed by atoms with Crippen LogP contribution in [0.25, 0.3) is 10.4 Å². The van der Waals surface area contributed by atoms with Gasteiger partial charge in [0.05, 0.1) is 24.3 Å². The van der Waals surface area contributed by atoms with Gasteiger partial charge in [0, 0.05) is 27.4 Å². The lowest BCUT2D eigenvalue weighted by Gasteiger charge is -2.19. The van der Waals surface area contributed by atoms with Crippen LogP contribution in [0.1, 0.15) is 22.2 Å². The summed E-state index contributed by atoms with van der Waals surface area (Å²) in [5.41, 5.74) is 2.62. The van der Waals surface area contributed by atoms with Crippen molar-refractivity contribution >= 4 is 44.4 Å². The number of anilines is 1. The zero-order valence-corrected chi connectivity index (χ0v) is 21.0. The van der Waals surface area contributed by atoms with Crippen LogP contribution in [0.15, 0.2) is 48.5 Å². The van der Waals surface area contributed by atoms with E-state index in [4.69, 9.17) is 21.1 Å². The van der Waals surface area contributed by atoms with Crippen molar-refractivity contribution in [3.05, 3.63) is 64.0 Å². The van der Waals surface area contributed by atoms with E-state index < -0.39 is 15.9 Å². The first-order valence-electron chi connectivity index (χ1n) is 10.6. The Kier molecular flexibility index (Phi) is 7.18. The molecule has 0 radical (unpaired) electrons. The molecule has 0 aliphatic carbocycles. The minimum absolute atomic E-state index is 0.0430. The summed E-state index contributed by atoms with van der Waals surface area (Å²) in [6.07, 6.45) is -1.15. The lowest BCUT2D eigenvalue weighted by atomic mass is 10.1. The third-order valence-corrected chi connectivity index (χ3v) is 8.72. The van der Waals surface area contributed by atoms with Gasteiger partial charge in [0.2, 0.25) is 0 Å². The Labute approximate surface area is 207 Å². The monoisotopic (exact) mass is 521 g/mol. The lowest BCUT2D eigenvalue weighted by molar-refractivity contribution is 0.1000. The summed E-state index contributed by atoms with van der Waals surface area (Å²) >= 11 is 7.42. The molecule has 3 aromatic rings. The highest BCUT2D eigenvalue weighted by molar-refractivity contribution is 7.91. The Morgan fingerprint density at radius 3 is 2.53 bits per heavy atom. The molecule has 2 aromatic carbocycles. The van der Waals surface area contributed by atoms with E-state index in [2.05, 4.69) is 0 Å². The van der Waals surface area contributed by atoms with Gasteiger partial charge in [-0.25, -0.2) is 8.42 Å². The number of sulfone groups is 1. The van der Waals surface area contributed by atoms with Crippen molar-refractivity contribution in [2.75, 3.05) is 30.1 Å². The molecule has 1 amide bonds. The number of halogens is 1. The van der Waals surface area contributed by atoms with Crippen LogP contribution in [-0.2, 0) is 16.4 Å². The minimum atomic E-state index is -3.32. The average molecular weight is 522 g/mol. The van der Waals surface area contributed by atoms with Crippen LogP contribution >= 0.6 is 22.9 Å². The number of amides is 1. The van der Waals surface area contributed by atoms with Gasteiger partial charge in [-0.15, -0.1) is 11.3 Å². The van der Waals surface area contributed by atoms with Crippen LogP contribution in [0.3, 0.4) is 0 Å². The maximum Gasteiger partial charge on any atom is 0.269 e. The summed E-state index contributed by atoms with van der Waals surface area (Å²) in [6, 6.07) is 14.6. The second-order valence-electron chi connectivity index (χ2n) is 7.86. The number of aliphatic hydroxyl groups excluding tert-OH is 1. The predicted octanol–water partition coefficient (Wildman–Crippen LogP) is 4.41. The summed E-state index contributed by atoms with van der Waals surface area (Å²) in [6.45, 7) is 1.78. The molecule has 2 heterocycles. The lowest BCUT2D eigenvalue weighted by Crippen LogP contribution is -2.28. The smallest absolute Gasteiger partial charge is 0.269 e. The Morgan fingerprint density at radius 1 is 1.15 bits per heavy atom. The van der Waals surface area contributed by atoms with E-state index in [1.54, 1.807) is 23.1 Å². The fraction of sp³-hybridized carbons (Fsp3) is 0.292. The van der Waals surface area contributed by atoms with E-state index in [1.165, 1.54) is 25.4 Å². The van der Waals surface area contributed by atoms with Crippen molar-refractivity contribution in [2.24, 2.45) is 0 Å². The topological polar surface area (TPSA) is 93.1 Å². The number of carbonyl (C=O) groups excluding carboxylic acids is 1. The Balaban J connectivity index is 1.47. The number of methoxy groups -OCH3 is 1. The Hall–Kier alpha value is -2.59. The number of thiophene rings is 1. The van der Waals surface area contributed by atoms with Crippen molar-refractivity contribution in [3.63, 3.8) is 0 Å². The molecule has 1 aliphatic heterocycles. The van der Waals surface area contributed by atoms with Crippen LogP contribution in [0.4, 0.5) is 5.69 Å². The third kappa shape index (κ3) is 5.22. The molecule has 0 unspecified atom stereocenters. The largest absolute Gasteiger partial charge is 0.493 e. The molecule has 1 aromatic heterocycles. The highest BCUT2D eigenvalue weighted by Crippen LogP contribution is 2.40. The molecule has 0 saturated heterocycles. The van der Waals surface area contributed by atoms with Gasteiger partial charge in [0.25, 0.3) is 5.91 Å². The number of ether oxygens (including phenoxy) is 2. The fourth-order valence-electron chi connectivity index (χ4n) is 3.65. The molecule has 0 spiro atoms. The Morgan fingerprint density at radius 2 is 1.88 bits per heavy atom. The van der Waals surface area contributed by atoms with Crippen LogP contribution in [-0.4, -0.2) is 50.8 Å². The van der Waals surface area contributed by atoms with E-state index in [1.807, 2.05) is 30.3 Å². The molecular weight excluding hydrogens is 498 g/mol. The molecule has 180 valence electrons. The highest BCUT2D eigenvalue weighted by Gasteiger charge is 2.32. The predicted molar refractivity (Wildman–Crippen MR) is 134 cm³/mol. The first kappa shape index (κ1) is 24.5. The van der Waals surface area contributed by atoms with E-state index in [0.717, 1.165) is 16.0 Å². The van der Waals surface area contributed by atoms with E-state index >= 15 is 0 Å². The van der Waals surface area contributed by atoms with Gasteiger partial charge < -0.3 is 19.5 Å². The van der Waals surface area contributed by atoms with Crippen LogP contribution in [0, 0.1) is 0 Å². The van der Waals surface area contributed by atoms with Gasteiger partial charge in [0.15, 0.2) is 21.3 Å². The average Bonchev–Trinajstić information content (AvgIpc) is 3.37. The molecular formula is C24H24ClNO6S2. The van der Waals surface area contributed by atoms with Gasteiger partial charge >= 0.3 is 0 Å². The first-order chi connectivity index (χ1) is 16.2. The van der Waals surface area contributed by atoms with Gasteiger partial charge in [-0.05, 0) is 41.5 Å². The third-order valence-electron chi connectivity index (χ3n) is 5.48. The normalized spacial score (nSPS) is 14.2. The summed E-state index contributed by atoms with van der Waals surface area (Å²) in [5.74, 6) is 0.236. The summed E-state index contributed by atoms with van der Waals surface area (Å²) < 4.78 is 34.3. The molecule has 4 rings (SSSR count). The van der Waals surface area contributed by atoms with Crippen molar-refractivity contribution in [3.8, 4) is 21.9 Å². The standard InChI is InChI=1S/C24H24ClNO6S2/c1-3-34(29,30)14-19(27)13-32-20-9-8-18(11-21(20)31-2)26-12-16-10-22(33-23(16)24(26)28)15-4-6-17(25)7-5-15/h4-11,19,27H,3,12-14H2,1-2H3/t19-/m1/s1. The van der Waals surface area contributed by atoms with Gasteiger partial charge in [-0.2, -0.15) is 0 Å². The minimum Gasteiger partial charge on any atom is -0.493 e. The molecule has 1 aliphatic rings. The second kappa shape index (κ2) is 9.95. The van der Waals surface area contributed by atoms with Crippen molar-refractivity contribution in [1.29, 1.82) is 0 Å². The molecule has 0 saturated carbocycles. The molecule has 34 heavy (non-hydrogen) atoms. The van der Waals surface area contributed by atoms with Crippen LogP contribution in [0.5, 0.6) is 11.5 Å². The molecule has 0 bridgehead atoms. The van der Waals surface area contributed by atoms with Crippen molar-refractivity contribution in [2.45, 2.75) is 19.6 Å². The number of nitrogens with zero attached hydrogens (tertiary/aromatic N) is 1. The molecule has 7 nitrogen and oxygen atoms in total. The first-order valence-corrected chi connectivity index (χ1v) is 13.6. The molecule has 1 N–H and O–H groups in total. The van der Waals surface area contributed by atoms with Crippen LogP contribution in [0.2, 0.25) is 5.02 Å². The second-order valence-corrected chi connectivity index (χ2v) is 11.7. The number of aliphatic hydroxyl groups is 1. The SMILES string of the molecule is CCS(=O)(=O)C[C@H](O)COc1ccc(N2Cc3cc(-c4ccc(Cl)cc4)sc3C2=O)cc1OC. The number of carbonyl (C=O) groups is 1. The fourth-order valence-corrected chi connectivity index (χ4v) is 5.82. The zero-order valence-electron chi connectivity index (χ0n) is 18.7. The summed E-state index contributed by atoms with van der Waals surface area (Å²) in [5, 5.41) is 10.7. The van der Waals surface area contributed by atoms with E-state index in [9.17, 15) is 18.3 Å². The maximum absolute atomic E-state index is 13.1. The number of benzene rings is 2. The summed E-state index contributed by atoms with van der Waals surface area (Å²) in [4.78, 5) is 16.5. The van der Waals surface area contributed by atoms with Crippen LogP contribution < -0.4 is 14.4 Å². The van der Waals surface area contributed by atoms with Crippen molar-refractivity contribution in [1.82, 2.24) is 0 Å².